The predicted molar refractivity (Wildman–Crippen MR) is 93.1 cm³/mol. The third-order valence-electron chi connectivity index (χ3n) is 3.10. The molecule has 0 saturated heterocycles. The van der Waals surface area contributed by atoms with Gasteiger partial charge in [-0.05, 0) is 32.0 Å². The zero-order valence-electron chi connectivity index (χ0n) is 14.6. The van der Waals surface area contributed by atoms with Crippen molar-refractivity contribution in [3.8, 4) is 0 Å². The van der Waals surface area contributed by atoms with Gasteiger partial charge in [0.25, 0.3) is 15.9 Å². The van der Waals surface area contributed by atoms with E-state index in [4.69, 9.17) is 0 Å². The Labute approximate surface area is 150 Å². The summed E-state index contributed by atoms with van der Waals surface area (Å²) in [7, 11) is -1.43. The number of aromatic nitrogens is 3. The fourth-order valence-corrected chi connectivity index (χ4v) is 3.12. The molecule has 0 aliphatic rings. The van der Waals surface area contributed by atoms with E-state index in [0.29, 0.717) is 11.4 Å². The maximum atomic E-state index is 12.5. The van der Waals surface area contributed by atoms with Gasteiger partial charge >= 0.3 is 6.03 Å². The van der Waals surface area contributed by atoms with E-state index in [-0.39, 0.29) is 11.5 Å². The Morgan fingerprint density at radius 1 is 1.12 bits per heavy atom. The summed E-state index contributed by atoms with van der Waals surface area (Å²) in [6.45, 7) is 3.42. The van der Waals surface area contributed by atoms with Gasteiger partial charge in [0.1, 0.15) is 0 Å². The van der Waals surface area contributed by atoms with Crippen molar-refractivity contribution in [3.05, 3.63) is 41.3 Å². The molecular weight excluding hydrogens is 360 g/mol. The lowest BCUT2D eigenvalue weighted by molar-refractivity contribution is 0.0823. The second-order valence-corrected chi connectivity index (χ2v) is 7.19. The summed E-state index contributed by atoms with van der Waals surface area (Å²) in [6, 6.07) is 3.38. The number of sulfonamides is 1. The molecule has 10 nitrogen and oxygen atoms in total. The highest BCUT2D eigenvalue weighted by Gasteiger charge is 2.26. The van der Waals surface area contributed by atoms with Crippen molar-refractivity contribution in [3.63, 3.8) is 0 Å². The number of rotatable bonds is 4. The van der Waals surface area contributed by atoms with Crippen LogP contribution in [0.4, 0.5) is 10.7 Å². The van der Waals surface area contributed by atoms with Gasteiger partial charge in [-0.3, -0.25) is 10.1 Å². The second-order valence-electron chi connectivity index (χ2n) is 5.59. The van der Waals surface area contributed by atoms with E-state index in [1.807, 2.05) is 0 Å². The Balaban J connectivity index is 2.26. The fourth-order valence-electron chi connectivity index (χ4n) is 2.09. The molecule has 0 radical (unpaired) electrons. The minimum atomic E-state index is -4.39. The first-order chi connectivity index (χ1) is 12.1. The van der Waals surface area contributed by atoms with Crippen LogP contribution in [0.25, 0.3) is 0 Å². The van der Waals surface area contributed by atoms with Crippen LogP contribution in [0.15, 0.2) is 29.4 Å². The van der Waals surface area contributed by atoms with Crippen LogP contribution in [-0.2, 0) is 10.0 Å². The first kappa shape index (κ1) is 19.2. The summed E-state index contributed by atoms with van der Waals surface area (Å²) >= 11 is 0. The molecular formula is C15H18N6O4S. The van der Waals surface area contributed by atoms with Crippen LogP contribution < -0.4 is 10.0 Å². The van der Waals surface area contributed by atoms with Crippen molar-refractivity contribution < 1.29 is 18.0 Å². The number of hydrogen-bond acceptors (Lipinski definition) is 7. The maximum Gasteiger partial charge on any atom is 0.335 e. The molecule has 0 aliphatic carbocycles. The number of aryl methyl sites for hydroxylation is 2. The predicted octanol–water partition coefficient (Wildman–Crippen LogP) is 0.701. The van der Waals surface area contributed by atoms with E-state index in [9.17, 15) is 18.0 Å². The lowest BCUT2D eigenvalue weighted by Gasteiger charge is -2.14. The van der Waals surface area contributed by atoms with Gasteiger partial charge in [-0.25, -0.2) is 24.5 Å². The van der Waals surface area contributed by atoms with Gasteiger partial charge in [0.05, 0.1) is 5.56 Å². The topological polar surface area (TPSA) is 134 Å². The van der Waals surface area contributed by atoms with Crippen LogP contribution in [0.3, 0.4) is 0 Å². The average molecular weight is 378 g/mol. The molecule has 138 valence electrons. The standard InChI is InChI=1S/C15H18N6O4S/c1-9-8-10(2)18-14(17-9)19-15(23)20-26(24,25)12-11(6-5-7-16-12)13(22)21(3)4/h5-8H,1-4H3,(H2,17,18,19,20,23). The van der Waals surface area contributed by atoms with Gasteiger partial charge in [-0.15, -0.1) is 0 Å². The van der Waals surface area contributed by atoms with Gasteiger partial charge in [0.15, 0.2) is 5.03 Å². The first-order valence-electron chi connectivity index (χ1n) is 7.43. The van der Waals surface area contributed by atoms with Crippen molar-refractivity contribution in [2.24, 2.45) is 0 Å². The molecule has 0 aliphatic heterocycles. The smallest absolute Gasteiger partial charge is 0.335 e. The van der Waals surface area contributed by atoms with Crippen molar-refractivity contribution in [2.75, 3.05) is 19.4 Å². The number of carbonyl (C=O) groups is 2. The molecule has 2 heterocycles. The van der Waals surface area contributed by atoms with Crippen LogP contribution in [0.5, 0.6) is 0 Å². The Morgan fingerprint density at radius 2 is 1.73 bits per heavy atom. The second kappa shape index (κ2) is 7.44. The molecule has 0 aromatic carbocycles. The van der Waals surface area contributed by atoms with Crippen molar-refractivity contribution in [1.29, 1.82) is 0 Å². The normalized spacial score (nSPS) is 10.9. The molecule has 0 unspecified atom stereocenters. The maximum absolute atomic E-state index is 12.5. The van der Waals surface area contributed by atoms with Gasteiger partial charge in [0, 0.05) is 31.7 Å². The zero-order chi connectivity index (χ0) is 19.5. The first-order valence-corrected chi connectivity index (χ1v) is 8.91. The quantitative estimate of drug-likeness (QED) is 0.799. The lowest BCUT2D eigenvalue weighted by Crippen LogP contribution is -2.37. The fraction of sp³-hybridized carbons (Fsp3) is 0.267. The third kappa shape index (κ3) is 4.51. The number of nitrogens with zero attached hydrogens (tertiary/aromatic N) is 4. The third-order valence-corrected chi connectivity index (χ3v) is 4.39. The summed E-state index contributed by atoms with van der Waals surface area (Å²) in [5, 5.41) is 1.70. The minimum Gasteiger partial charge on any atom is -0.345 e. The lowest BCUT2D eigenvalue weighted by atomic mass is 10.2. The molecule has 0 saturated carbocycles. The highest BCUT2D eigenvalue weighted by Crippen LogP contribution is 2.14. The number of nitrogens with one attached hydrogen (secondary N) is 2. The Kier molecular flexibility index (Phi) is 5.50. The average Bonchev–Trinajstić information content (AvgIpc) is 2.52. The van der Waals surface area contributed by atoms with E-state index in [2.05, 4.69) is 20.3 Å². The number of amides is 3. The Hall–Kier alpha value is -3.08. The van der Waals surface area contributed by atoms with Gasteiger partial charge < -0.3 is 4.90 Å². The van der Waals surface area contributed by atoms with Crippen molar-refractivity contribution in [2.45, 2.75) is 18.9 Å². The highest BCUT2D eigenvalue weighted by atomic mass is 32.2. The highest BCUT2D eigenvalue weighted by molar-refractivity contribution is 7.90. The molecule has 2 aromatic heterocycles. The number of carbonyl (C=O) groups excluding carboxylic acids is 2. The van der Waals surface area contributed by atoms with E-state index in [0.717, 1.165) is 0 Å². The molecule has 11 heteroatoms. The summed E-state index contributed by atoms with van der Waals surface area (Å²) < 4.78 is 26.7. The minimum absolute atomic E-state index is 0.0409. The van der Waals surface area contributed by atoms with E-state index >= 15 is 0 Å². The van der Waals surface area contributed by atoms with Crippen LogP contribution in [0, 0.1) is 13.8 Å². The monoisotopic (exact) mass is 378 g/mol. The molecule has 26 heavy (non-hydrogen) atoms. The van der Waals surface area contributed by atoms with E-state index < -0.39 is 27.0 Å². The number of pyridine rings is 1. The summed E-state index contributed by atoms with van der Waals surface area (Å²) in [4.78, 5) is 37.1. The van der Waals surface area contributed by atoms with Gasteiger partial charge in [-0.2, -0.15) is 8.42 Å². The van der Waals surface area contributed by atoms with Crippen molar-refractivity contribution in [1.82, 2.24) is 24.6 Å². The molecule has 0 spiro atoms. The van der Waals surface area contributed by atoms with Crippen LogP contribution in [-0.4, -0.2) is 54.3 Å². The largest absolute Gasteiger partial charge is 0.345 e. The molecule has 2 rings (SSSR count). The molecule has 0 atom stereocenters. The summed E-state index contributed by atoms with van der Waals surface area (Å²) in [5.74, 6) is -0.600. The molecule has 2 N–H and O–H groups in total. The Morgan fingerprint density at radius 3 is 2.31 bits per heavy atom. The summed E-state index contributed by atoms with van der Waals surface area (Å²) in [5.41, 5.74) is 1.07. The van der Waals surface area contributed by atoms with Crippen LogP contribution in [0.1, 0.15) is 21.7 Å². The number of anilines is 1. The van der Waals surface area contributed by atoms with Gasteiger partial charge in [0.2, 0.25) is 5.95 Å². The zero-order valence-corrected chi connectivity index (χ0v) is 15.5. The van der Waals surface area contributed by atoms with E-state index in [1.165, 1.54) is 37.3 Å². The number of hydrogen-bond donors (Lipinski definition) is 2. The van der Waals surface area contributed by atoms with Gasteiger partial charge in [-0.1, -0.05) is 0 Å². The number of urea groups is 1. The SMILES string of the molecule is Cc1cc(C)nc(NC(=O)NS(=O)(=O)c2ncccc2C(=O)N(C)C)n1. The Bertz CT molecular complexity index is 938. The molecule has 0 bridgehead atoms. The summed E-state index contributed by atoms with van der Waals surface area (Å²) in [6.07, 6.45) is 1.21. The molecule has 3 amide bonds. The molecule has 0 fully saturated rings. The van der Waals surface area contributed by atoms with Crippen molar-refractivity contribution >= 4 is 27.9 Å². The van der Waals surface area contributed by atoms with E-state index in [1.54, 1.807) is 24.6 Å². The van der Waals surface area contributed by atoms with Crippen LogP contribution >= 0.6 is 0 Å². The van der Waals surface area contributed by atoms with Crippen LogP contribution in [0.2, 0.25) is 0 Å². The molecule has 2 aromatic rings.